The summed E-state index contributed by atoms with van der Waals surface area (Å²) >= 11 is 16.6. The number of nitrogens with one attached hydrogen (secondary N) is 2. The molecule has 92 valence electrons. The molecule has 0 unspecified atom stereocenters. The maximum atomic E-state index is 10.3. The van der Waals surface area contributed by atoms with Crippen molar-refractivity contribution in [3.8, 4) is 0 Å². The highest BCUT2D eigenvalue weighted by Gasteiger charge is 2.02. The van der Waals surface area contributed by atoms with Crippen LogP contribution in [0.25, 0.3) is 0 Å². The number of hydrogen-bond donors (Lipinski definition) is 3. The van der Waals surface area contributed by atoms with E-state index < -0.39 is 5.97 Å². The number of carboxylic acid groups (broad SMARTS) is 1. The van der Waals surface area contributed by atoms with Gasteiger partial charge in [-0.1, -0.05) is 23.2 Å². The summed E-state index contributed by atoms with van der Waals surface area (Å²) in [5.74, 6) is -0.880. The van der Waals surface area contributed by atoms with Gasteiger partial charge in [-0.25, -0.2) is 0 Å². The number of hydrogen-bond acceptors (Lipinski definition) is 2. The van der Waals surface area contributed by atoms with Crippen molar-refractivity contribution in [3.05, 3.63) is 28.2 Å². The van der Waals surface area contributed by atoms with Crippen LogP contribution < -0.4 is 10.6 Å². The van der Waals surface area contributed by atoms with Crippen molar-refractivity contribution in [2.24, 2.45) is 0 Å². The molecule has 0 aliphatic carbocycles. The second-order valence-electron chi connectivity index (χ2n) is 3.15. The number of carboxylic acids is 1. The van der Waals surface area contributed by atoms with E-state index >= 15 is 0 Å². The molecule has 0 aliphatic rings. The van der Waals surface area contributed by atoms with Crippen LogP contribution in [0.1, 0.15) is 6.42 Å². The standard InChI is InChI=1S/C10H10Cl2N2O2S/c11-7-2-1-6(5-8(7)12)14-10(17)13-4-3-9(15)16/h1-2,5H,3-4H2,(H,15,16)(H2,13,14,17). The minimum Gasteiger partial charge on any atom is -0.481 e. The van der Waals surface area contributed by atoms with Crippen molar-refractivity contribution in [3.63, 3.8) is 0 Å². The van der Waals surface area contributed by atoms with Gasteiger partial charge in [0.15, 0.2) is 5.11 Å². The first kappa shape index (κ1) is 14.0. The van der Waals surface area contributed by atoms with Crippen LogP contribution in [0.5, 0.6) is 0 Å². The summed E-state index contributed by atoms with van der Waals surface area (Å²) in [6, 6.07) is 5.00. The maximum absolute atomic E-state index is 10.3. The summed E-state index contributed by atoms with van der Waals surface area (Å²) in [7, 11) is 0. The van der Waals surface area contributed by atoms with E-state index in [-0.39, 0.29) is 13.0 Å². The van der Waals surface area contributed by atoms with Gasteiger partial charge in [-0.2, -0.15) is 0 Å². The monoisotopic (exact) mass is 292 g/mol. The SMILES string of the molecule is O=C(O)CCNC(=S)Nc1ccc(Cl)c(Cl)c1. The smallest absolute Gasteiger partial charge is 0.305 e. The molecule has 1 aromatic rings. The molecule has 0 radical (unpaired) electrons. The molecule has 1 rings (SSSR count). The van der Waals surface area contributed by atoms with Gasteiger partial charge in [-0.3, -0.25) is 4.79 Å². The van der Waals surface area contributed by atoms with E-state index in [0.29, 0.717) is 20.8 Å². The summed E-state index contributed by atoms with van der Waals surface area (Å²) in [4.78, 5) is 10.3. The highest BCUT2D eigenvalue weighted by atomic mass is 35.5. The van der Waals surface area contributed by atoms with Crippen molar-refractivity contribution >= 4 is 52.2 Å². The van der Waals surface area contributed by atoms with E-state index in [1.807, 2.05) is 0 Å². The molecule has 0 spiro atoms. The predicted molar refractivity (Wildman–Crippen MR) is 72.9 cm³/mol. The van der Waals surface area contributed by atoms with Gasteiger partial charge in [-0.15, -0.1) is 0 Å². The molecule has 3 N–H and O–H groups in total. The molecular weight excluding hydrogens is 283 g/mol. The third kappa shape index (κ3) is 5.21. The first-order valence-corrected chi connectivity index (χ1v) is 5.87. The first-order valence-electron chi connectivity index (χ1n) is 4.70. The Morgan fingerprint density at radius 1 is 1.35 bits per heavy atom. The molecule has 0 saturated carbocycles. The lowest BCUT2D eigenvalue weighted by molar-refractivity contribution is -0.136. The zero-order valence-corrected chi connectivity index (χ0v) is 11.0. The van der Waals surface area contributed by atoms with Crippen LogP contribution in [-0.2, 0) is 4.79 Å². The molecule has 0 aromatic heterocycles. The van der Waals surface area contributed by atoms with E-state index in [9.17, 15) is 4.79 Å². The van der Waals surface area contributed by atoms with E-state index in [4.69, 9.17) is 40.5 Å². The Morgan fingerprint density at radius 3 is 2.65 bits per heavy atom. The van der Waals surface area contributed by atoms with Crippen LogP contribution >= 0.6 is 35.4 Å². The molecule has 0 amide bonds. The van der Waals surface area contributed by atoms with Crippen LogP contribution in [0.3, 0.4) is 0 Å². The Hall–Kier alpha value is -1.04. The molecular formula is C10H10Cl2N2O2S. The van der Waals surface area contributed by atoms with Crippen LogP contribution in [0.2, 0.25) is 10.0 Å². The van der Waals surface area contributed by atoms with Crippen LogP contribution in [0.4, 0.5) is 5.69 Å². The highest BCUT2D eigenvalue weighted by Crippen LogP contribution is 2.24. The summed E-state index contributed by atoms with van der Waals surface area (Å²) in [6.45, 7) is 0.266. The Bertz CT molecular complexity index is 440. The van der Waals surface area contributed by atoms with E-state index in [2.05, 4.69) is 10.6 Å². The van der Waals surface area contributed by atoms with Gasteiger partial charge in [0.05, 0.1) is 16.5 Å². The minimum absolute atomic E-state index is 0.00317. The third-order valence-electron chi connectivity index (χ3n) is 1.80. The van der Waals surface area contributed by atoms with Crippen LogP contribution in [0.15, 0.2) is 18.2 Å². The largest absolute Gasteiger partial charge is 0.481 e. The van der Waals surface area contributed by atoms with Crippen LogP contribution in [-0.4, -0.2) is 22.7 Å². The molecule has 17 heavy (non-hydrogen) atoms. The molecule has 0 bridgehead atoms. The molecule has 0 aliphatic heterocycles. The summed E-state index contributed by atoms with van der Waals surface area (Å²) in [5.41, 5.74) is 0.687. The van der Waals surface area contributed by atoms with Gasteiger partial charge in [0.1, 0.15) is 0 Å². The molecule has 0 saturated heterocycles. The highest BCUT2D eigenvalue weighted by molar-refractivity contribution is 7.80. The van der Waals surface area contributed by atoms with E-state index in [0.717, 1.165) is 0 Å². The second kappa shape index (κ2) is 6.64. The number of benzene rings is 1. The fourth-order valence-corrected chi connectivity index (χ4v) is 1.55. The number of thiocarbonyl (C=S) groups is 1. The first-order chi connectivity index (χ1) is 7.99. The van der Waals surface area contributed by atoms with Crippen molar-refractivity contribution in [2.45, 2.75) is 6.42 Å². The lowest BCUT2D eigenvalue weighted by Crippen LogP contribution is -2.30. The quantitative estimate of drug-likeness (QED) is 0.745. The number of aliphatic carboxylic acids is 1. The van der Waals surface area contributed by atoms with Gasteiger partial charge in [-0.05, 0) is 30.4 Å². The number of carbonyl (C=O) groups is 1. The third-order valence-corrected chi connectivity index (χ3v) is 2.79. The molecule has 7 heteroatoms. The average molecular weight is 293 g/mol. The van der Waals surface area contributed by atoms with E-state index in [1.165, 1.54) is 0 Å². The number of halogens is 2. The molecule has 0 atom stereocenters. The Kier molecular flexibility index (Phi) is 5.47. The maximum Gasteiger partial charge on any atom is 0.305 e. The van der Waals surface area contributed by atoms with Crippen molar-refractivity contribution in [1.29, 1.82) is 0 Å². The van der Waals surface area contributed by atoms with Gasteiger partial charge in [0.25, 0.3) is 0 Å². The van der Waals surface area contributed by atoms with Gasteiger partial charge in [0, 0.05) is 12.2 Å². The zero-order valence-electron chi connectivity index (χ0n) is 8.67. The van der Waals surface area contributed by atoms with Gasteiger partial charge in [0.2, 0.25) is 0 Å². The van der Waals surface area contributed by atoms with Crippen molar-refractivity contribution in [2.75, 3.05) is 11.9 Å². The Morgan fingerprint density at radius 2 is 2.06 bits per heavy atom. The lowest BCUT2D eigenvalue weighted by atomic mass is 10.3. The van der Waals surface area contributed by atoms with Gasteiger partial charge >= 0.3 is 5.97 Å². The van der Waals surface area contributed by atoms with Gasteiger partial charge < -0.3 is 15.7 Å². The second-order valence-corrected chi connectivity index (χ2v) is 4.38. The minimum atomic E-state index is -0.880. The Labute approximate surface area is 114 Å². The molecule has 0 fully saturated rings. The summed E-state index contributed by atoms with van der Waals surface area (Å²) in [5, 5.41) is 15.3. The van der Waals surface area contributed by atoms with E-state index in [1.54, 1.807) is 18.2 Å². The van der Waals surface area contributed by atoms with Crippen molar-refractivity contribution < 1.29 is 9.90 Å². The topological polar surface area (TPSA) is 61.4 Å². The number of anilines is 1. The van der Waals surface area contributed by atoms with Crippen LogP contribution in [0, 0.1) is 0 Å². The van der Waals surface area contributed by atoms with Crippen molar-refractivity contribution in [1.82, 2.24) is 5.32 Å². The summed E-state index contributed by atoms with van der Waals surface area (Å²) < 4.78 is 0. The fourth-order valence-electron chi connectivity index (χ4n) is 1.03. The predicted octanol–water partition coefficient (Wildman–Crippen LogP) is 2.75. The lowest BCUT2D eigenvalue weighted by Gasteiger charge is -2.10. The zero-order chi connectivity index (χ0) is 12.8. The molecule has 0 heterocycles. The normalized spacial score (nSPS) is 9.76. The summed E-state index contributed by atoms with van der Waals surface area (Å²) in [6.07, 6.45) is 0.00317. The average Bonchev–Trinajstić information content (AvgIpc) is 2.23. The fraction of sp³-hybridized carbons (Fsp3) is 0.200. The Balaban J connectivity index is 2.45. The molecule has 1 aromatic carbocycles. The number of rotatable bonds is 4. The molecule has 4 nitrogen and oxygen atoms in total.